The molecule has 0 spiro atoms. The molecule has 1 amide bonds. The molecule has 1 aromatic carbocycles. The fourth-order valence-corrected chi connectivity index (χ4v) is 2.76. The van der Waals surface area contributed by atoms with Crippen molar-refractivity contribution >= 4 is 17.7 Å². The number of carbonyl (C=O) groups excluding carboxylic acids is 1. The van der Waals surface area contributed by atoms with Gasteiger partial charge in [-0.2, -0.15) is 0 Å². The molecule has 0 radical (unpaired) electrons. The van der Waals surface area contributed by atoms with Crippen LogP contribution in [0.3, 0.4) is 0 Å². The van der Waals surface area contributed by atoms with Gasteiger partial charge in [-0.3, -0.25) is 9.36 Å². The first-order chi connectivity index (χ1) is 10.3. The first-order valence-electron chi connectivity index (χ1n) is 6.86. The summed E-state index contributed by atoms with van der Waals surface area (Å²) in [5, 5.41) is 3.78. The standard InChI is InChI=1S/C15H17N3O2S/c1-20-13-4-2-3-12(9-13)18-8-7-16-15(18)21-10-14(19)17-11-5-6-11/h2-4,7-9,11H,5-6,10H2,1H3,(H,17,19). The summed E-state index contributed by atoms with van der Waals surface area (Å²) in [5.41, 5.74) is 0.969. The van der Waals surface area contributed by atoms with Crippen LogP contribution in [-0.4, -0.2) is 34.4 Å². The molecule has 1 fully saturated rings. The summed E-state index contributed by atoms with van der Waals surface area (Å²) < 4.78 is 7.19. The minimum atomic E-state index is 0.0719. The number of aromatic nitrogens is 2. The Balaban J connectivity index is 1.69. The number of hydrogen-bond acceptors (Lipinski definition) is 4. The van der Waals surface area contributed by atoms with Gasteiger partial charge >= 0.3 is 0 Å². The molecule has 0 saturated heterocycles. The van der Waals surface area contributed by atoms with Gasteiger partial charge in [-0.05, 0) is 25.0 Å². The second-order valence-corrected chi connectivity index (χ2v) is 5.85. The molecule has 2 aromatic rings. The van der Waals surface area contributed by atoms with Gasteiger partial charge < -0.3 is 10.1 Å². The van der Waals surface area contributed by atoms with E-state index in [9.17, 15) is 4.79 Å². The number of benzene rings is 1. The summed E-state index contributed by atoms with van der Waals surface area (Å²) in [7, 11) is 1.64. The maximum absolute atomic E-state index is 11.7. The van der Waals surface area contributed by atoms with E-state index in [0.29, 0.717) is 11.8 Å². The van der Waals surface area contributed by atoms with Crippen molar-refractivity contribution in [2.75, 3.05) is 12.9 Å². The molecule has 21 heavy (non-hydrogen) atoms. The molecule has 6 heteroatoms. The van der Waals surface area contributed by atoms with Crippen LogP contribution in [-0.2, 0) is 4.79 Å². The van der Waals surface area contributed by atoms with Gasteiger partial charge in [-0.1, -0.05) is 17.8 Å². The van der Waals surface area contributed by atoms with E-state index in [2.05, 4.69) is 10.3 Å². The summed E-state index contributed by atoms with van der Waals surface area (Å²) in [4.78, 5) is 16.1. The highest BCUT2D eigenvalue weighted by atomic mass is 32.2. The zero-order valence-corrected chi connectivity index (χ0v) is 12.6. The molecule has 3 rings (SSSR count). The Bertz CT molecular complexity index is 637. The molecule has 1 N–H and O–H groups in total. The largest absolute Gasteiger partial charge is 0.497 e. The van der Waals surface area contributed by atoms with Gasteiger partial charge in [0, 0.05) is 24.5 Å². The van der Waals surface area contributed by atoms with Crippen LogP contribution < -0.4 is 10.1 Å². The predicted octanol–water partition coefficient (Wildman–Crippen LogP) is 2.25. The SMILES string of the molecule is COc1cccc(-n2ccnc2SCC(=O)NC2CC2)c1. The van der Waals surface area contributed by atoms with Crippen molar-refractivity contribution < 1.29 is 9.53 Å². The molecule has 110 valence electrons. The fraction of sp³-hybridized carbons (Fsp3) is 0.333. The van der Waals surface area contributed by atoms with Crippen molar-refractivity contribution in [3.05, 3.63) is 36.7 Å². The number of imidazole rings is 1. The van der Waals surface area contributed by atoms with E-state index < -0.39 is 0 Å². The Hall–Kier alpha value is -1.95. The van der Waals surface area contributed by atoms with Gasteiger partial charge in [0.2, 0.25) is 5.91 Å². The second-order valence-electron chi connectivity index (χ2n) is 4.91. The van der Waals surface area contributed by atoms with E-state index in [1.54, 1.807) is 13.3 Å². The molecule has 1 saturated carbocycles. The van der Waals surface area contributed by atoms with E-state index in [-0.39, 0.29) is 5.91 Å². The lowest BCUT2D eigenvalue weighted by atomic mass is 10.3. The summed E-state index contributed by atoms with van der Waals surface area (Å²) in [5.74, 6) is 1.25. The van der Waals surface area contributed by atoms with E-state index in [1.165, 1.54) is 11.8 Å². The zero-order valence-electron chi connectivity index (χ0n) is 11.8. The van der Waals surface area contributed by atoms with E-state index >= 15 is 0 Å². The Labute approximate surface area is 127 Å². The molecule has 0 bridgehead atoms. The van der Waals surface area contributed by atoms with E-state index in [1.807, 2.05) is 35.0 Å². The molecule has 0 aliphatic heterocycles. The van der Waals surface area contributed by atoms with Crippen LogP contribution in [0.1, 0.15) is 12.8 Å². The number of nitrogens with zero attached hydrogens (tertiary/aromatic N) is 2. The number of carbonyl (C=O) groups is 1. The topological polar surface area (TPSA) is 56.2 Å². The van der Waals surface area contributed by atoms with Crippen LogP contribution >= 0.6 is 11.8 Å². The lowest BCUT2D eigenvalue weighted by Gasteiger charge is -2.09. The number of hydrogen-bond donors (Lipinski definition) is 1. The third-order valence-electron chi connectivity index (χ3n) is 3.21. The van der Waals surface area contributed by atoms with Gasteiger partial charge in [-0.25, -0.2) is 4.98 Å². The third-order valence-corrected chi connectivity index (χ3v) is 4.18. The van der Waals surface area contributed by atoms with Crippen molar-refractivity contribution in [2.24, 2.45) is 0 Å². The van der Waals surface area contributed by atoms with Gasteiger partial charge in [0.15, 0.2) is 5.16 Å². The Morgan fingerprint density at radius 3 is 3.14 bits per heavy atom. The first kappa shape index (κ1) is 14.0. The average molecular weight is 303 g/mol. The highest BCUT2D eigenvalue weighted by Gasteiger charge is 2.23. The van der Waals surface area contributed by atoms with Gasteiger partial charge in [-0.15, -0.1) is 0 Å². The highest BCUT2D eigenvalue weighted by molar-refractivity contribution is 7.99. The molecular weight excluding hydrogens is 286 g/mol. The minimum absolute atomic E-state index is 0.0719. The Kier molecular flexibility index (Phi) is 4.15. The Morgan fingerprint density at radius 1 is 1.52 bits per heavy atom. The smallest absolute Gasteiger partial charge is 0.230 e. The van der Waals surface area contributed by atoms with Crippen LogP contribution in [0.5, 0.6) is 5.75 Å². The quantitative estimate of drug-likeness (QED) is 0.832. The fourth-order valence-electron chi connectivity index (χ4n) is 1.98. The van der Waals surface area contributed by atoms with Crippen LogP contribution in [0, 0.1) is 0 Å². The van der Waals surface area contributed by atoms with Crippen LogP contribution in [0.2, 0.25) is 0 Å². The monoisotopic (exact) mass is 303 g/mol. The molecule has 1 heterocycles. The molecular formula is C15H17N3O2S. The number of ether oxygens (including phenoxy) is 1. The van der Waals surface area contributed by atoms with Gasteiger partial charge in [0.25, 0.3) is 0 Å². The lowest BCUT2D eigenvalue weighted by molar-refractivity contribution is -0.118. The summed E-state index contributed by atoms with van der Waals surface area (Å²) in [6.07, 6.45) is 5.83. The summed E-state index contributed by atoms with van der Waals surface area (Å²) >= 11 is 1.44. The molecule has 0 atom stereocenters. The van der Waals surface area contributed by atoms with Gasteiger partial charge in [0.1, 0.15) is 5.75 Å². The van der Waals surface area contributed by atoms with E-state index in [4.69, 9.17) is 4.74 Å². The number of thioether (sulfide) groups is 1. The normalized spacial score (nSPS) is 14.0. The predicted molar refractivity (Wildman–Crippen MR) is 82.0 cm³/mol. The molecule has 0 unspecified atom stereocenters. The molecule has 5 nitrogen and oxygen atoms in total. The van der Waals surface area contributed by atoms with Crippen molar-refractivity contribution in [2.45, 2.75) is 24.0 Å². The Morgan fingerprint density at radius 2 is 2.38 bits per heavy atom. The highest BCUT2D eigenvalue weighted by Crippen LogP contribution is 2.24. The van der Waals surface area contributed by atoms with Crippen molar-refractivity contribution in [1.29, 1.82) is 0 Å². The second kappa shape index (κ2) is 6.22. The number of amides is 1. The van der Waals surface area contributed by atoms with Crippen LogP contribution in [0.4, 0.5) is 0 Å². The lowest BCUT2D eigenvalue weighted by Crippen LogP contribution is -2.27. The zero-order chi connectivity index (χ0) is 14.7. The van der Waals surface area contributed by atoms with Crippen LogP contribution in [0.15, 0.2) is 41.8 Å². The van der Waals surface area contributed by atoms with Gasteiger partial charge in [0.05, 0.1) is 18.6 Å². The summed E-state index contributed by atoms with van der Waals surface area (Å²) in [6, 6.07) is 8.16. The molecule has 1 aromatic heterocycles. The number of methoxy groups -OCH3 is 1. The first-order valence-corrected chi connectivity index (χ1v) is 7.85. The summed E-state index contributed by atoms with van der Waals surface area (Å²) in [6.45, 7) is 0. The van der Waals surface area contributed by atoms with E-state index in [0.717, 1.165) is 29.4 Å². The van der Waals surface area contributed by atoms with Crippen molar-refractivity contribution in [1.82, 2.24) is 14.9 Å². The molecule has 1 aliphatic rings. The maximum atomic E-state index is 11.7. The molecule has 1 aliphatic carbocycles. The number of nitrogens with one attached hydrogen (secondary N) is 1. The number of rotatable bonds is 6. The van der Waals surface area contributed by atoms with Crippen LogP contribution in [0.25, 0.3) is 5.69 Å². The average Bonchev–Trinajstić information content (AvgIpc) is 3.19. The van der Waals surface area contributed by atoms with Crippen molar-refractivity contribution in [3.63, 3.8) is 0 Å². The van der Waals surface area contributed by atoms with Crippen molar-refractivity contribution in [3.8, 4) is 11.4 Å². The maximum Gasteiger partial charge on any atom is 0.230 e. The third kappa shape index (κ3) is 3.58. The minimum Gasteiger partial charge on any atom is -0.497 e.